The van der Waals surface area contributed by atoms with Crippen LogP contribution in [0.3, 0.4) is 0 Å². The Kier molecular flexibility index (Phi) is 6.64. The Hall–Kier alpha value is -6.43. The molecule has 0 fully saturated rings. The molecule has 0 amide bonds. The molecule has 3 aromatic heterocycles. The van der Waals surface area contributed by atoms with Gasteiger partial charge in [-0.25, -0.2) is 4.98 Å². The van der Waals surface area contributed by atoms with Crippen molar-refractivity contribution in [3.63, 3.8) is 0 Å². The monoisotopic (exact) mass is 656 g/mol. The van der Waals surface area contributed by atoms with Crippen molar-refractivity contribution < 1.29 is 0 Å². The highest BCUT2D eigenvalue weighted by atomic mass is 32.1. The molecule has 0 unspecified atom stereocenters. The lowest BCUT2D eigenvalue weighted by molar-refractivity contribution is 0.953. The van der Waals surface area contributed by atoms with Gasteiger partial charge in [0.05, 0.1) is 11.0 Å². The third-order valence-corrected chi connectivity index (χ3v) is 10.7. The van der Waals surface area contributed by atoms with Gasteiger partial charge in [0.1, 0.15) is 0 Å². The van der Waals surface area contributed by atoms with Gasteiger partial charge in [-0.1, -0.05) is 146 Å². The van der Waals surface area contributed by atoms with Gasteiger partial charge in [-0.2, -0.15) is 9.97 Å². The van der Waals surface area contributed by atoms with Gasteiger partial charge in [-0.3, -0.25) is 4.57 Å². The summed E-state index contributed by atoms with van der Waals surface area (Å²) >= 11 is 1.85. The van der Waals surface area contributed by atoms with Gasteiger partial charge in [0.15, 0.2) is 11.6 Å². The molecule has 0 N–H and O–H groups in total. The van der Waals surface area contributed by atoms with Crippen LogP contribution in [0.1, 0.15) is 0 Å². The fourth-order valence-corrected chi connectivity index (χ4v) is 8.30. The maximum absolute atomic E-state index is 5.19. The Morgan fingerprint density at radius 2 is 0.920 bits per heavy atom. The number of nitrogens with zero attached hydrogens (tertiary/aromatic N) is 4. The molecule has 0 saturated heterocycles. The fourth-order valence-electron chi connectivity index (χ4n) is 7.06. The number of rotatable bonds is 5. The number of hydrogen-bond donors (Lipinski definition) is 0. The SMILES string of the molecule is c1ccc(-c2ccc(-c3nc(-c4ccccc4)nc(-n4c5ccccc5c5c6sc7ccc(-c8ccccc8)cc7c6ccc54)n3)cc2)cc1. The summed E-state index contributed by atoms with van der Waals surface area (Å²) in [5.41, 5.74) is 8.79. The molecule has 234 valence electrons. The molecule has 0 aliphatic carbocycles. The summed E-state index contributed by atoms with van der Waals surface area (Å²) in [5, 5.41) is 4.94. The second-order valence-corrected chi connectivity index (χ2v) is 13.5. The number of thiophene rings is 1. The van der Waals surface area contributed by atoms with E-state index in [9.17, 15) is 0 Å². The standard InChI is InChI=1S/C45H28N4S/c1-4-12-29(13-5-1)31-20-22-33(23-21-31)44-46-43(32-16-8-3-9-17-32)47-45(48-44)49-38-19-11-10-18-36(38)41-39(49)26-25-35-37-28-34(30-14-6-2-7-15-30)24-27-40(37)50-42(35)41/h1-28H. The van der Waals surface area contributed by atoms with Crippen LogP contribution in [0.25, 0.3) is 93.0 Å². The normalized spacial score (nSPS) is 11.6. The van der Waals surface area contributed by atoms with Crippen LogP contribution in [0.15, 0.2) is 170 Å². The minimum Gasteiger partial charge on any atom is -0.278 e. The molecular weight excluding hydrogens is 629 g/mol. The Morgan fingerprint density at radius 3 is 1.62 bits per heavy atom. The van der Waals surface area contributed by atoms with Gasteiger partial charge in [0.2, 0.25) is 5.95 Å². The van der Waals surface area contributed by atoms with Crippen molar-refractivity contribution in [3.8, 4) is 51.0 Å². The molecule has 7 aromatic carbocycles. The lowest BCUT2D eigenvalue weighted by atomic mass is 10.0. The average Bonchev–Trinajstić information content (AvgIpc) is 3.74. The van der Waals surface area contributed by atoms with E-state index in [0.29, 0.717) is 17.6 Å². The average molecular weight is 657 g/mol. The molecule has 0 aliphatic heterocycles. The number of benzene rings is 7. The summed E-state index contributed by atoms with van der Waals surface area (Å²) in [6, 6.07) is 59.6. The highest BCUT2D eigenvalue weighted by molar-refractivity contribution is 7.26. The first-order chi connectivity index (χ1) is 24.8. The van der Waals surface area contributed by atoms with Crippen LogP contribution in [-0.4, -0.2) is 19.5 Å². The van der Waals surface area contributed by atoms with Crippen molar-refractivity contribution in [2.24, 2.45) is 0 Å². The molecular formula is C45H28N4S. The summed E-state index contributed by atoms with van der Waals surface area (Å²) in [6.07, 6.45) is 0. The van der Waals surface area contributed by atoms with E-state index >= 15 is 0 Å². The quantitative estimate of drug-likeness (QED) is 0.185. The zero-order valence-corrected chi connectivity index (χ0v) is 27.7. The molecule has 4 nitrogen and oxygen atoms in total. The molecule has 5 heteroatoms. The van der Waals surface area contributed by atoms with Gasteiger partial charge in [0, 0.05) is 42.1 Å². The topological polar surface area (TPSA) is 43.6 Å². The smallest absolute Gasteiger partial charge is 0.238 e. The number of fused-ring (bicyclic) bond motifs is 7. The van der Waals surface area contributed by atoms with Crippen molar-refractivity contribution in [2.75, 3.05) is 0 Å². The Balaban J connectivity index is 1.20. The summed E-state index contributed by atoms with van der Waals surface area (Å²) in [5.74, 6) is 1.87. The van der Waals surface area contributed by atoms with Gasteiger partial charge in [0.25, 0.3) is 0 Å². The molecule has 0 aliphatic rings. The van der Waals surface area contributed by atoms with Crippen LogP contribution in [-0.2, 0) is 0 Å². The summed E-state index contributed by atoms with van der Waals surface area (Å²) in [6.45, 7) is 0. The first kappa shape index (κ1) is 28.6. The minimum absolute atomic E-state index is 0.596. The molecule has 3 heterocycles. The van der Waals surface area contributed by atoms with Crippen molar-refractivity contribution in [1.29, 1.82) is 0 Å². The maximum atomic E-state index is 5.19. The predicted molar refractivity (Wildman–Crippen MR) is 209 cm³/mol. The first-order valence-electron chi connectivity index (χ1n) is 16.7. The van der Waals surface area contributed by atoms with Crippen LogP contribution in [0, 0.1) is 0 Å². The highest BCUT2D eigenvalue weighted by Gasteiger charge is 2.21. The largest absolute Gasteiger partial charge is 0.278 e. The van der Waals surface area contributed by atoms with Crippen molar-refractivity contribution in [2.45, 2.75) is 0 Å². The van der Waals surface area contributed by atoms with Crippen LogP contribution in [0.2, 0.25) is 0 Å². The Labute approximate surface area is 292 Å². The van der Waals surface area contributed by atoms with E-state index in [1.165, 1.54) is 47.6 Å². The third-order valence-electron chi connectivity index (χ3n) is 9.49. The fraction of sp³-hybridized carbons (Fsp3) is 0. The van der Waals surface area contributed by atoms with Gasteiger partial charge < -0.3 is 0 Å². The molecule has 0 spiro atoms. The minimum atomic E-state index is 0.596. The summed E-state index contributed by atoms with van der Waals surface area (Å²) in [7, 11) is 0. The maximum Gasteiger partial charge on any atom is 0.238 e. The highest BCUT2D eigenvalue weighted by Crippen LogP contribution is 2.44. The number of aromatic nitrogens is 4. The molecule has 0 saturated carbocycles. The summed E-state index contributed by atoms with van der Waals surface area (Å²) in [4.78, 5) is 15.4. The molecule has 0 radical (unpaired) electrons. The van der Waals surface area contributed by atoms with Crippen LogP contribution < -0.4 is 0 Å². The molecule has 0 atom stereocenters. The molecule has 10 rings (SSSR count). The molecule has 50 heavy (non-hydrogen) atoms. The Morgan fingerprint density at radius 1 is 0.380 bits per heavy atom. The van der Waals surface area contributed by atoms with E-state index in [1.807, 2.05) is 35.6 Å². The van der Waals surface area contributed by atoms with E-state index in [2.05, 4.69) is 150 Å². The lowest BCUT2D eigenvalue weighted by Gasteiger charge is -2.11. The van der Waals surface area contributed by atoms with Crippen molar-refractivity contribution >= 4 is 53.3 Å². The molecule has 10 aromatic rings. The van der Waals surface area contributed by atoms with Gasteiger partial charge >= 0.3 is 0 Å². The zero-order valence-electron chi connectivity index (χ0n) is 26.9. The zero-order chi connectivity index (χ0) is 33.0. The number of hydrogen-bond acceptors (Lipinski definition) is 4. The third kappa shape index (κ3) is 4.71. The van der Waals surface area contributed by atoms with E-state index in [4.69, 9.17) is 15.0 Å². The van der Waals surface area contributed by atoms with Crippen LogP contribution >= 0.6 is 11.3 Å². The van der Waals surface area contributed by atoms with E-state index in [-0.39, 0.29) is 0 Å². The second kappa shape index (κ2) is 11.6. The van der Waals surface area contributed by atoms with E-state index < -0.39 is 0 Å². The van der Waals surface area contributed by atoms with Crippen LogP contribution in [0.5, 0.6) is 0 Å². The van der Waals surface area contributed by atoms with Crippen LogP contribution in [0.4, 0.5) is 0 Å². The predicted octanol–water partition coefficient (Wildman–Crippen LogP) is 12.0. The van der Waals surface area contributed by atoms with E-state index in [1.54, 1.807) is 0 Å². The first-order valence-corrected chi connectivity index (χ1v) is 17.5. The second-order valence-electron chi connectivity index (χ2n) is 12.5. The number of para-hydroxylation sites is 1. The van der Waals surface area contributed by atoms with E-state index in [0.717, 1.165) is 27.7 Å². The van der Waals surface area contributed by atoms with Gasteiger partial charge in [-0.15, -0.1) is 11.3 Å². The van der Waals surface area contributed by atoms with Crippen molar-refractivity contribution in [1.82, 2.24) is 19.5 Å². The van der Waals surface area contributed by atoms with Gasteiger partial charge in [-0.05, 0) is 46.5 Å². The summed E-state index contributed by atoms with van der Waals surface area (Å²) < 4.78 is 4.75. The molecule has 0 bridgehead atoms. The lowest BCUT2D eigenvalue weighted by Crippen LogP contribution is -2.06. The van der Waals surface area contributed by atoms with Crippen molar-refractivity contribution in [3.05, 3.63) is 170 Å². The Bertz CT molecular complexity index is 2840.